The highest BCUT2D eigenvalue weighted by atomic mass is 19.1. The van der Waals surface area contributed by atoms with Crippen molar-refractivity contribution in [3.05, 3.63) is 53.5 Å². The molecule has 2 aliphatic heterocycles. The minimum absolute atomic E-state index is 0.0215. The van der Waals surface area contributed by atoms with E-state index in [2.05, 4.69) is 10.6 Å². The number of urea groups is 1. The molecule has 30 heavy (non-hydrogen) atoms. The molecular weight excluding hydrogens is 397 g/mol. The summed E-state index contributed by atoms with van der Waals surface area (Å²) in [5.74, 6) is -0.317. The lowest BCUT2D eigenvalue weighted by molar-refractivity contribution is -0.127. The minimum Gasteiger partial charge on any atom is -0.496 e. The van der Waals surface area contributed by atoms with Crippen LogP contribution in [0.2, 0.25) is 0 Å². The zero-order chi connectivity index (χ0) is 21.3. The fraction of sp³-hybridized carbons (Fsp3) is 0.150. The average Bonchev–Trinajstić information content (AvgIpc) is 3.28. The summed E-state index contributed by atoms with van der Waals surface area (Å²) in [5.41, 5.74) is 0.809. The number of halogens is 1. The molecule has 4 amide bonds. The second-order valence-corrected chi connectivity index (χ2v) is 6.38. The molecule has 154 valence electrons. The third-order valence-electron chi connectivity index (χ3n) is 4.42. The van der Waals surface area contributed by atoms with E-state index >= 15 is 0 Å². The van der Waals surface area contributed by atoms with Crippen LogP contribution in [-0.4, -0.2) is 43.2 Å². The maximum absolute atomic E-state index is 13.0. The van der Waals surface area contributed by atoms with Crippen LogP contribution in [0.3, 0.4) is 0 Å². The predicted octanol–water partition coefficient (Wildman–Crippen LogP) is 2.09. The molecule has 0 aromatic heterocycles. The molecule has 2 aliphatic rings. The number of hydrogen-bond donors (Lipinski definition) is 2. The van der Waals surface area contributed by atoms with Crippen molar-refractivity contribution in [1.82, 2.24) is 10.2 Å². The largest absolute Gasteiger partial charge is 0.496 e. The molecule has 4 rings (SSSR count). The van der Waals surface area contributed by atoms with Gasteiger partial charge in [0.05, 0.1) is 7.11 Å². The van der Waals surface area contributed by atoms with Crippen molar-refractivity contribution in [1.29, 1.82) is 0 Å². The zero-order valence-electron chi connectivity index (χ0n) is 15.7. The molecule has 0 aliphatic carbocycles. The molecule has 2 N–H and O–H groups in total. The summed E-state index contributed by atoms with van der Waals surface area (Å²) in [6, 6.07) is 7.61. The second-order valence-electron chi connectivity index (χ2n) is 6.38. The second kappa shape index (κ2) is 7.74. The maximum atomic E-state index is 13.0. The van der Waals surface area contributed by atoms with E-state index in [0.717, 1.165) is 4.90 Å². The number of methoxy groups -OCH3 is 1. The number of benzene rings is 2. The van der Waals surface area contributed by atoms with Gasteiger partial charge in [-0.15, -0.1) is 0 Å². The van der Waals surface area contributed by atoms with Crippen molar-refractivity contribution in [3.63, 3.8) is 0 Å². The van der Waals surface area contributed by atoms with Crippen LogP contribution in [0.15, 0.2) is 42.1 Å². The Labute approximate surface area is 170 Å². The van der Waals surface area contributed by atoms with E-state index in [0.29, 0.717) is 28.5 Å². The van der Waals surface area contributed by atoms with Crippen LogP contribution < -0.4 is 24.8 Å². The fourth-order valence-electron chi connectivity index (χ4n) is 2.98. The normalized spacial score (nSPS) is 16.1. The Balaban J connectivity index is 1.50. The van der Waals surface area contributed by atoms with E-state index in [4.69, 9.17) is 14.2 Å². The smallest absolute Gasteiger partial charge is 0.329 e. The molecule has 0 unspecified atom stereocenters. The molecule has 0 spiro atoms. The lowest BCUT2D eigenvalue weighted by Crippen LogP contribution is -2.38. The first-order valence-corrected chi connectivity index (χ1v) is 8.82. The van der Waals surface area contributed by atoms with Gasteiger partial charge in [0, 0.05) is 17.3 Å². The molecule has 0 atom stereocenters. The van der Waals surface area contributed by atoms with Gasteiger partial charge in [-0.05, 0) is 36.4 Å². The summed E-state index contributed by atoms with van der Waals surface area (Å²) >= 11 is 0. The number of hydrogen-bond acceptors (Lipinski definition) is 6. The Hall–Kier alpha value is -4.08. The van der Waals surface area contributed by atoms with E-state index in [1.165, 1.54) is 37.5 Å². The first-order chi connectivity index (χ1) is 14.4. The first-order valence-electron chi connectivity index (χ1n) is 8.82. The van der Waals surface area contributed by atoms with Gasteiger partial charge in [0.2, 0.25) is 12.7 Å². The Kier molecular flexibility index (Phi) is 4.97. The highest BCUT2D eigenvalue weighted by Gasteiger charge is 2.35. The number of anilines is 1. The van der Waals surface area contributed by atoms with Crippen LogP contribution >= 0.6 is 0 Å². The quantitative estimate of drug-likeness (QED) is 0.574. The van der Waals surface area contributed by atoms with Gasteiger partial charge in [0.1, 0.15) is 23.8 Å². The third kappa shape index (κ3) is 3.75. The Morgan fingerprint density at radius 1 is 1.23 bits per heavy atom. The van der Waals surface area contributed by atoms with Gasteiger partial charge in [-0.1, -0.05) is 0 Å². The predicted molar refractivity (Wildman–Crippen MR) is 102 cm³/mol. The molecule has 0 bridgehead atoms. The van der Waals surface area contributed by atoms with Gasteiger partial charge in [0.25, 0.3) is 5.91 Å². The number of nitrogens with zero attached hydrogens (tertiary/aromatic N) is 1. The molecule has 10 heteroatoms. The van der Waals surface area contributed by atoms with E-state index in [1.807, 2.05) is 0 Å². The topological polar surface area (TPSA) is 106 Å². The van der Waals surface area contributed by atoms with Gasteiger partial charge >= 0.3 is 6.03 Å². The van der Waals surface area contributed by atoms with Crippen molar-refractivity contribution >= 4 is 29.6 Å². The highest BCUT2D eigenvalue weighted by molar-refractivity contribution is 6.16. The van der Waals surface area contributed by atoms with Crippen molar-refractivity contribution in [2.45, 2.75) is 0 Å². The van der Waals surface area contributed by atoms with Crippen molar-refractivity contribution in [2.75, 3.05) is 25.8 Å². The van der Waals surface area contributed by atoms with Gasteiger partial charge in [0.15, 0.2) is 11.5 Å². The number of imide groups is 1. The Morgan fingerprint density at radius 2 is 1.93 bits per heavy atom. The van der Waals surface area contributed by atoms with Crippen LogP contribution in [-0.2, 0) is 9.59 Å². The van der Waals surface area contributed by atoms with Crippen LogP contribution in [0, 0.1) is 5.82 Å². The average molecular weight is 413 g/mol. The number of fused-ring (bicyclic) bond motifs is 1. The van der Waals surface area contributed by atoms with Crippen LogP contribution in [0.4, 0.5) is 14.9 Å². The van der Waals surface area contributed by atoms with Crippen LogP contribution in [0.25, 0.3) is 6.08 Å². The standard InChI is InChI=1S/C20H16FN3O6/c1-28-15-8-17-16(29-10-30-17)7-11(15)6-14-19(26)24(20(27)23-14)9-18(25)22-13-4-2-12(21)3-5-13/h2-8H,9-10H2,1H3,(H,22,25)(H,23,27)/b14-6+. The number of rotatable bonds is 5. The Morgan fingerprint density at radius 3 is 2.63 bits per heavy atom. The van der Waals surface area contributed by atoms with Gasteiger partial charge < -0.3 is 24.8 Å². The number of amides is 4. The first kappa shape index (κ1) is 19.2. The summed E-state index contributed by atoms with van der Waals surface area (Å²) in [6.07, 6.45) is 1.43. The molecule has 2 heterocycles. The molecule has 2 aromatic carbocycles. The lowest BCUT2D eigenvalue weighted by Gasteiger charge is -2.12. The van der Waals surface area contributed by atoms with Crippen LogP contribution in [0.1, 0.15) is 5.56 Å². The SMILES string of the molecule is COc1cc2c(cc1/C=C1/NC(=O)N(CC(=O)Nc3ccc(F)cc3)C1=O)OCO2. The van der Waals surface area contributed by atoms with Crippen molar-refractivity contribution in [3.8, 4) is 17.2 Å². The summed E-state index contributed by atoms with van der Waals surface area (Å²) in [4.78, 5) is 37.8. The van der Waals surface area contributed by atoms with Crippen LogP contribution in [0.5, 0.6) is 17.2 Å². The summed E-state index contributed by atoms with van der Waals surface area (Å²) in [7, 11) is 1.46. The number of nitrogens with one attached hydrogen (secondary N) is 2. The number of carbonyl (C=O) groups is 3. The number of ether oxygens (including phenoxy) is 3. The summed E-state index contributed by atoms with van der Waals surface area (Å²) < 4.78 is 28.9. The van der Waals surface area contributed by atoms with Gasteiger partial charge in [-0.25, -0.2) is 14.1 Å². The molecule has 0 saturated carbocycles. The fourth-order valence-corrected chi connectivity index (χ4v) is 2.98. The third-order valence-corrected chi connectivity index (χ3v) is 4.42. The van der Waals surface area contributed by atoms with Gasteiger partial charge in [-0.3, -0.25) is 9.59 Å². The molecule has 2 aromatic rings. The molecular formula is C20H16FN3O6. The van der Waals surface area contributed by atoms with Gasteiger partial charge in [-0.2, -0.15) is 0 Å². The molecule has 1 saturated heterocycles. The maximum Gasteiger partial charge on any atom is 0.329 e. The molecule has 0 radical (unpaired) electrons. The molecule has 1 fully saturated rings. The van der Waals surface area contributed by atoms with Crippen molar-refractivity contribution < 1.29 is 33.0 Å². The zero-order valence-corrected chi connectivity index (χ0v) is 15.7. The van der Waals surface area contributed by atoms with E-state index < -0.39 is 30.2 Å². The van der Waals surface area contributed by atoms with E-state index in [9.17, 15) is 18.8 Å². The monoisotopic (exact) mass is 413 g/mol. The number of carbonyl (C=O) groups excluding carboxylic acids is 3. The summed E-state index contributed by atoms with van der Waals surface area (Å²) in [5, 5.41) is 4.94. The lowest BCUT2D eigenvalue weighted by atomic mass is 10.1. The van der Waals surface area contributed by atoms with E-state index in [1.54, 1.807) is 12.1 Å². The Bertz CT molecular complexity index is 1070. The summed E-state index contributed by atoms with van der Waals surface area (Å²) in [6.45, 7) is -0.428. The van der Waals surface area contributed by atoms with E-state index in [-0.39, 0.29) is 12.5 Å². The minimum atomic E-state index is -0.736. The molecule has 9 nitrogen and oxygen atoms in total. The van der Waals surface area contributed by atoms with Crippen molar-refractivity contribution in [2.24, 2.45) is 0 Å². The highest BCUT2D eigenvalue weighted by Crippen LogP contribution is 2.39.